The Morgan fingerprint density at radius 2 is 2.06 bits per heavy atom. The summed E-state index contributed by atoms with van der Waals surface area (Å²) < 4.78 is 22.9. The molecule has 1 saturated heterocycles. The molecule has 0 saturated carbocycles. The van der Waals surface area contributed by atoms with E-state index in [-0.39, 0.29) is 12.3 Å². The Morgan fingerprint density at radius 3 is 2.67 bits per heavy atom. The van der Waals surface area contributed by atoms with Gasteiger partial charge >= 0.3 is 0 Å². The zero-order valence-corrected chi connectivity index (χ0v) is 12.1. The third-order valence-electron chi connectivity index (χ3n) is 3.80. The highest BCUT2D eigenvalue weighted by Crippen LogP contribution is 2.16. The van der Waals surface area contributed by atoms with Gasteiger partial charge in [-0.15, -0.1) is 0 Å². The van der Waals surface area contributed by atoms with Gasteiger partial charge in [-0.2, -0.15) is 0 Å². The molecular weight excluding hydrogens is 252 g/mol. The van der Waals surface area contributed by atoms with Crippen molar-refractivity contribution in [1.29, 1.82) is 0 Å². The molecule has 0 bridgehead atoms. The molecule has 3 N–H and O–H groups in total. The number of aliphatic hydroxyl groups is 1. The molecule has 6 heteroatoms. The lowest BCUT2D eigenvalue weighted by Gasteiger charge is -2.26. The molecule has 1 heterocycles. The lowest BCUT2D eigenvalue weighted by Crippen LogP contribution is -2.38. The van der Waals surface area contributed by atoms with Crippen LogP contribution in [0, 0.1) is 0 Å². The lowest BCUT2D eigenvalue weighted by atomic mass is 9.95. The van der Waals surface area contributed by atoms with E-state index < -0.39 is 15.4 Å². The second-order valence-corrected chi connectivity index (χ2v) is 7.54. The molecule has 0 aromatic rings. The van der Waals surface area contributed by atoms with Crippen molar-refractivity contribution in [1.82, 2.24) is 4.90 Å². The Hall–Kier alpha value is -0.170. The zero-order valence-electron chi connectivity index (χ0n) is 11.3. The fourth-order valence-electron chi connectivity index (χ4n) is 2.27. The van der Waals surface area contributed by atoms with Crippen molar-refractivity contribution in [2.24, 2.45) is 5.73 Å². The van der Waals surface area contributed by atoms with Crippen molar-refractivity contribution in [3.63, 3.8) is 0 Å². The first-order chi connectivity index (χ1) is 8.41. The smallest absolute Gasteiger partial charge is 0.151 e. The minimum Gasteiger partial charge on any atom is -0.389 e. The molecule has 1 aliphatic rings. The first kappa shape index (κ1) is 15.9. The van der Waals surface area contributed by atoms with Crippen LogP contribution in [0.15, 0.2) is 0 Å². The predicted octanol–water partition coefficient (Wildman–Crippen LogP) is -0.0131. The average molecular weight is 278 g/mol. The molecule has 0 aromatic carbocycles. The number of hydrogen-bond acceptors (Lipinski definition) is 5. The van der Waals surface area contributed by atoms with Crippen LogP contribution in [0.1, 0.15) is 32.6 Å². The molecule has 1 rings (SSSR count). The number of hydrogen-bond donors (Lipinski definition) is 2. The SMILES string of the molecule is CCC(O)(CN)CCCN1CCCS(=O)(=O)CC1. The molecule has 1 atom stereocenters. The summed E-state index contributed by atoms with van der Waals surface area (Å²) in [4.78, 5) is 2.18. The third kappa shape index (κ3) is 5.22. The van der Waals surface area contributed by atoms with E-state index in [1.54, 1.807) is 0 Å². The number of sulfone groups is 1. The summed E-state index contributed by atoms with van der Waals surface area (Å²) in [7, 11) is -2.83. The van der Waals surface area contributed by atoms with E-state index in [0.29, 0.717) is 25.1 Å². The normalized spacial score (nSPS) is 24.4. The summed E-state index contributed by atoms with van der Waals surface area (Å²) in [6.45, 7) is 4.53. The summed E-state index contributed by atoms with van der Waals surface area (Å²) in [5, 5.41) is 10.1. The highest BCUT2D eigenvalue weighted by molar-refractivity contribution is 7.91. The van der Waals surface area contributed by atoms with E-state index in [2.05, 4.69) is 4.90 Å². The van der Waals surface area contributed by atoms with Crippen LogP contribution in [0.3, 0.4) is 0 Å². The molecule has 5 nitrogen and oxygen atoms in total. The quantitative estimate of drug-likeness (QED) is 0.714. The molecule has 0 aromatic heterocycles. The van der Waals surface area contributed by atoms with E-state index in [1.807, 2.05) is 6.92 Å². The summed E-state index contributed by atoms with van der Waals surface area (Å²) in [6.07, 6.45) is 2.93. The van der Waals surface area contributed by atoms with Gasteiger partial charge in [0.15, 0.2) is 9.84 Å². The Labute approximate surface area is 110 Å². The van der Waals surface area contributed by atoms with Crippen LogP contribution < -0.4 is 5.73 Å². The van der Waals surface area contributed by atoms with Crippen molar-refractivity contribution in [2.45, 2.75) is 38.2 Å². The van der Waals surface area contributed by atoms with E-state index in [1.165, 1.54) is 0 Å². The van der Waals surface area contributed by atoms with Gasteiger partial charge in [-0.3, -0.25) is 0 Å². The first-order valence-corrected chi connectivity index (χ1v) is 8.58. The summed E-state index contributed by atoms with van der Waals surface area (Å²) in [5.74, 6) is 0.577. The minimum absolute atomic E-state index is 0.266. The number of rotatable bonds is 6. The maximum absolute atomic E-state index is 11.5. The van der Waals surface area contributed by atoms with Gasteiger partial charge in [-0.05, 0) is 38.8 Å². The lowest BCUT2D eigenvalue weighted by molar-refractivity contribution is 0.0318. The van der Waals surface area contributed by atoms with Crippen LogP contribution in [-0.4, -0.2) is 61.7 Å². The summed E-state index contributed by atoms with van der Waals surface area (Å²) >= 11 is 0. The van der Waals surface area contributed by atoms with Crippen LogP contribution in [0.5, 0.6) is 0 Å². The Balaban J connectivity index is 2.32. The van der Waals surface area contributed by atoms with E-state index in [4.69, 9.17) is 5.73 Å². The van der Waals surface area contributed by atoms with Crippen LogP contribution in [0.4, 0.5) is 0 Å². The van der Waals surface area contributed by atoms with Crippen LogP contribution in [0.2, 0.25) is 0 Å². The fourth-order valence-corrected chi connectivity index (χ4v) is 3.58. The number of nitrogens with zero attached hydrogens (tertiary/aromatic N) is 1. The van der Waals surface area contributed by atoms with Gasteiger partial charge in [0.2, 0.25) is 0 Å². The average Bonchev–Trinajstić information content (AvgIpc) is 2.51. The second kappa shape index (κ2) is 6.84. The molecule has 0 aliphatic carbocycles. The fraction of sp³-hybridized carbons (Fsp3) is 1.00. The number of nitrogens with two attached hydrogens (primary N) is 1. The van der Waals surface area contributed by atoms with Gasteiger partial charge < -0.3 is 15.7 Å². The Bertz CT molecular complexity index is 339. The molecule has 1 aliphatic heterocycles. The largest absolute Gasteiger partial charge is 0.389 e. The highest BCUT2D eigenvalue weighted by atomic mass is 32.2. The van der Waals surface area contributed by atoms with Gasteiger partial charge in [-0.25, -0.2) is 8.42 Å². The zero-order chi connectivity index (χ0) is 13.6. The van der Waals surface area contributed by atoms with Crippen LogP contribution in [0.25, 0.3) is 0 Å². The Kier molecular flexibility index (Phi) is 6.04. The molecule has 0 amide bonds. The molecule has 18 heavy (non-hydrogen) atoms. The maximum atomic E-state index is 11.5. The van der Waals surface area contributed by atoms with Crippen molar-refractivity contribution in [3.05, 3.63) is 0 Å². The molecule has 108 valence electrons. The van der Waals surface area contributed by atoms with Crippen LogP contribution in [-0.2, 0) is 9.84 Å². The van der Waals surface area contributed by atoms with Crippen molar-refractivity contribution < 1.29 is 13.5 Å². The maximum Gasteiger partial charge on any atom is 0.151 e. The monoisotopic (exact) mass is 278 g/mol. The van der Waals surface area contributed by atoms with Crippen molar-refractivity contribution in [2.75, 3.05) is 37.7 Å². The van der Waals surface area contributed by atoms with E-state index >= 15 is 0 Å². The standard InChI is InChI=1S/C12H26N2O3S/c1-2-12(15,11-13)5-3-6-14-7-4-9-18(16,17)10-8-14/h15H,2-11,13H2,1H3. The Morgan fingerprint density at radius 1 is 1.33 bits per heavy atom. The molecule has 1 fully saturated rings. The minimum atomic E-state index is -2.83. The van der Waals surface area contributed by atoms with Crippen LogP contribution >= 0.6 is 0 Å². The molecular formula is C12H26N2O3S. The summed E-state index contributed by atoms with van der Waals surface area (Å²) in [6, 6.07) is 0. The van der Waals surface area contributed by atoms with Gasteiger partial charge in [0.1, 0.15) is 0 Å². The van der Waals surface area contributed by atoms with E-state index in [9.17, 15) is 13.5 Å². The molecule has 0 spiro atoms. The van der Waals surface area contributed by atoms with E-state index in [0.717, 1.165) is 25.9 Å². The topological polar surface area (TPSA) is 83.6 Å². The molecule has 0 radical (unpaired) electrons. The summed E-state index contributed by atoms with van der Waals surface area (Å²) in [5.41, 5.74) is 4.80. The molecule has 1 unspecified atom stereocenters. The van der Waals surface area contributed by atoms with Gasteiger partial charge in [-0.1, -0.05) is 6.92 Å². The van der Waals surface area contributed by atoms with Crippen molar-refractivity contribution in [3.8, 4) is 0 Å². The third-order valence-corrected chi connectivity index (χ3v) is 5.52. The second-order valence-electron chi connectivity index (χ2n) is 5.23. The van der Waals surface area contributed by atoms with Gasteiger partial charge in [0.05, 0.1) is 17.1 Å². The first-order valence-electron chi connectivity index (χ1n) is 6.76. The van der Waals surface area contributed by atoms with Crippen molar-refractivity contribution >= 4 is 9.84 Å². The van der Waals surface area contributed by atoms with Gasteiger partial charge in [0, 0.05) is 13.1 Å². The predicted molar refractivity (Wildman–Crippen MR) is 73.2 cm³/mol. The highest BCUT2D eigenvalue weighted by Gasteiger charge is 2.23. The van der Waals surface area contributed by atoms with Gasteiger partial charge in [0.25, 0.3) is 0 Å².